The molecule has 0 spiro atoms. The van der Waals surface area contributed by atoms with Gasteiger partial charge in [-0.05, 0) is 37.3 Å². The zero-order chi connectivity index (χ0) is 15.5. The maximum absolute atomic E-state index is 13.8. The largest absolute Gasteiger partial charge is 0.492 e. The van der Waals surface area contributed by atoms with Crippen LogP contribution in [0.4, 0.5) is 10.1 Å². The topological polar surface area (TPSA) is 55.4 Å². The molecule has 0 aliphatic carbocycles. The average molecular weight is 330 g/mol. The van der Waals surface area contributed by atoms with Crippen molar-refractivity contribution in [1.29, 1.82) is 0 Å². The fourth-order valence-corrected chi connectivity index (χ4v) is 3.01. The van der Waals surface area contributed by atoms with Gasteiger partial charge in [-0.3, -0.25) is 4.72 Å². The number of halogens is 2. The summed E-state index contributed by atoms with van der Waals surface area (Å²) < 4.78 is 45.9. The highest BCUT2D eigenvalue weighted by molar-refractivity contribution is 7.92. The van der Waals surface area contributed by atoms with Gasteiger partial charge in [0.05, 0.1) is 12.3 Å². The lowest BCUT2D eigenvalue weighted by molar-refractivity contribution is 0.342. The van der Waals surface area contributed by atoms with Crippen LogP contribution >= 0.6 is 11.6 Å². The van der Waals surface area contributed by atoms with E-state index in [9.17, 15) is 12.8 Å². The Balaban J connectivity index is 2.38. The van der Waals surface area contributed by atoms with Crippen molar-refractivity contribution in [2.45, 2.75) is 11.8 Å². The summed E-state index contributed by atoms with van der Waals surface area (Å²) in [5.74, 6) is -0.540. The van der Waals surface area contributed by atoms with E-state index in [2.05, 4.69) is 4.72 Å². The lowest BCUT2D eigenvalue weighted by Gasteiger charge is -2.13. The van der Waals surface area contributed by atoms with Gasteiger partial charge < -0.3 is 4.74 Å². The molecular weight excluding hydrogens is 317 g/mol. The van der Waals surface area contributed by atoms with Crippen LogP contribution < -0.4 is 9.46 Å². The highest BCUT2D eigenvalue weighted by Gasteiger charge is 2.20. The van der Waals surface area contributed by atoms with Gasteiger partial charge in [0.1, 0.15) is 16.5 Å². The van der Waals surface area contributed by atoms with Crippen LogP contribution in [0.3, 0.4) is 0 Å². The second-order valence-electron chi connectivity index (χ2n) is 4.11. The van der Waals surface area contributed by atoms with Crippen LogP contribution in [0.5, 0.6) is 5.75 Å². The molecule has 0 aliphatic heterocycles. The van der Waals surface area contributed by atoms with E-state index < -0.39 is 20.7 Å². The summed E-state index contributed by atoms with van der Waals surface area (Å²) in [4.78, 5) is -0.474. The second kappa shape index (κ2) is 6.32. The summed E-state index contributed by atoms with van der Waals surface area (Å²) >= 11 is 5.62. The monoisotopic (exact) mass is 329 g/mol. The van der Waals surface area contributed by atoms with Crippen LogP contribution in [-0.4, -0.2) is 15.0 Å². The molecule has 7 heteroatoms. The molecule has 0 saturated carbocycles. The van der Waals surface area contributed by atoms with Crippen LogP contribution in [0, 0.1) is 5.82 Å². The Morgan fingerprint density at radius 3 is 2.62 bits per heavy atom. The van der Waals surface area contributed by atoms with Crippen molar-refractivity contribution in [3.8, 4) is 5.75 Å². The Kier molecular flexibility index (Phi) is 4.69. The van der Waals surface area contributed by atoms with Gasteiger partial charge >= 0.3 is 0 Å². The van der Waals surface area contributed by atoms with Crippen LogP contribution in [-0.2, 0) is 10.0 Å². The Hall–Kier alpha value is -1.79. The fourth-order valence-electron chi connectivity index (χ4n) is 1.73. The van der Waals surface area contributed by atoms with Gasteiger partial charge in [0, 0.05) is 5.02 Å². The molecule has 21 heavy (non-hydrogen) atoms. The van der Waals surface area contributed by atoms with Gasteiger partial charge in [0.15, 0.2) is 0 Å². The van der Waals surface area contributed by atoms with E-state index in [0.29, 0.717) is 12.4 Å². The molecule has 0 aliphatic rings. The molecule has 2 aromatic rings. The van der Waals surface area contributed by atoms with Crippen LogP contribution in [0.15, 0.2) is 47.4 Å². The first-order valence-corrected chi connectivity index (χ1v) is 8.00. The van der Waals surface area contributed by atoms with E-state index in [1.165, 1.54) is 12.1 Å². The van der Waals surface area contributed by atoms with E-state index in [1.54, 1.807) is 25.1 Å². The Bertz CT molecular complexity index is 750. The normalized spacial score (nSPS) is 11.2. The molecule has 0 unspecified atom stereocenters. The first-order chi connectivity index (χ1) is 9.94. The number of hydrogen-bond donors (Lipinski definition) is 1. The number of nitrogens with one attached hydrogen (secondary N) is 1. The van der Waals surface area contributed by atoms with Crippen molar-refractivity contribution in [3.63, 3.8) is 0 Å². The highest BCUT2D eigenvalue weighted by Crippen LogP contribution is 2.28. The standard InChI is InChI=1S/C14H13ClFNO3S/c1-2-20-13-6-4-3-5-12(13)17-21(18,19)14-8-7-10(15)9-11(14)16/h3-9,17H,2H2,1H3. The maximum atomic E-state index is 13.8. The minimum Gasteiger partial charge on any atom is -0.492 e. The van der Waals surface area contributed by atoms with Crippen molar-refractivity contribution in [2.75, 3.05) is 11.3 Å². The molecule has 1 N–H and O–H groups in total. The van der Waals surface area contributed by atoms with Gasteiger partial charge in [0.25, 0.3) is 10.0 Å². The summed E-state index contributed by atoms with van der Waals surface area (Å²) in [5.41, 5.74) is 0.244. The fraction of sp³-hybridized carbons (Fsp3) is 0.143. The third-order valence-electron chi connectivity index (χ3n) is 2.61. The van der Waals surface area contributed by atoms with E-state index in [4.69, 9.17) is 16.3 Å². The summed E-state index contributed by atoms with van der Waals surface area (Å²) in [6, 6.07) is 9.90. The SMILES string of the molecule is CCOc1ccccc1NS(=O)(=O)c1ccc(Cl)cc1F. The third kappa shape index (κ3) is 3.65. The molecule has 2 rings (SSSR count). The molecule has 112 valence electrons. The minimum atomic E-state index is -4.07. The first-order valence-electron chi connectivity index (χ1n) is 6.13. The van der Waals surface area contributed by atoms with E-state index >= 15 is 0 Å². The lowest BCUT2D eigenvalue weighted by Crippen LogP contribution is -2.15. The molecule has 0 heterocycles. The molecule has 0 aromatic heterocycles. The van der Waals surface area contributed by atoms with E-state index in [-0.39, 0.29) is 10.7 Å². The van der Waals surface area contributed by atoms with Crippen LogP contribution in [0.25, 0.3) is 0 Å². The van der Waals surface area contributed by atoms with E-state index in [1.807, 2.05) is 0 Å². The Labute approximate surface area is 127 Å². The summed E-state index contributed by atoms with van der Waals surface area (Å²) in [6.45, 7) is 2.16. The number of hydrogen-bond acceptors (Lipinski definition) is 3. The molecule has 4 nitrogen and oxygen atoms in total. The van der Waals surface area contributed by atoms with Crippen LogP contribution in [0.2, 0.25) is 5.02 Å². The van der Waals surface area contributed by atoms with Gasteiger partial charge in [-0.2, -0.15) is 0 Å². The molecule has 0 fully saturated rings. The number of benzene rings is 2. The summed E-state index contributed by atoms with van der Waals surface area (Å²) in [6.07, 6.45) is 0. The molecule has 0 saturated heterocycles. The van der Waals surface area contributed by atoms with Gasteiger partial charge in [-0.15, -0.1) is 0 Å². The number of anilines is 1. The van der Waals surface area contributed by atoms with Gasteiger partial charge in [0.2, 0.25) is 0 Å². The molecule has 0 amide bonds. The second-order valence-corrected chi connectivity index (χ2v) is 6.20. The van der Waals surface area contributed by atoms with Crippen molar-refractivity contribution in [3.05, 3.63) is 53.3 Å². The molecule has 0 radical (unpaired) electrons. The molecular formula is C14H13ClFNO3S. The average Bonchev–Trinajstić information content (AvgIpc) is 2.40. The minimum absolute atomic E-state index is 0.126. The lowest BCUT2D eigenvalue weighted by atomic mass is 10.3. The Morgan fingerprint density at radius 2 is 1.95 bits per heavy atom. The Morgan fingerprint density at radius 1 is 1.24 bits per heavy atom. The van der Waals surface area contributed by atoms with Crippen LogP contribution in [0.1, 0.15) is 6.92 Å². The third-order valence-corrected chi connectivity index (χ3v) is 4.25. The van der Waals surface area contributed by atoms with Crippen molar-refractivity contribution < 1.29 is 17.5 Å². The summed E-state index contributed by atoms with van der Waals surface area (Å²) in [5, 5.41) is 0.126. The number of para-hydroxylation sites is 2. The molecule has 0 bridgehead atoms. The van der Waals surface area contributed by atoms with E-state index in [0.717, 1.165) is 12.1 Å². The van der Waals surface area contributed by atoms with Crippen molar-refractivity contribution in [1.82, 2.24) is 0 Å². The molecule has 2 aromatic carbocycles. The van der Waals surface area contributed by atoms with Gasteiger partial charge in [-0.25, -0.2) is 12.8 Å². The van der Waals surface area contributed by atoms with Crippen molar-refractivity contribution in [2.24, 2.45) is 0 Å². The maximum Gasteiger partial charge on any atom is 0.264 e. The number of sulfonamides is 1. The highest BCUT2D eigenvalue weighted by atomic mass is 35.5. The zero-order valence-corrected chi connectivity index (χ0v) is 12.7. The quantitative estimate of drug-likeness (QED) is 0.910. The smallest absolute Gasteiger partial charge is 0.264 e. The summed E-state index contributed by atoms with van der Waals surface area (Å²) in [7, 11) is -4.07. The molecule has 0 atom stereocenters. The first kappa shape index (κ1) is 15.6. The number of rotatable bonds is 5. The zero-order valence-electron chi connectivity index (χ0n) is 11.1. The predicted octanol–water partition coefficient (Wildman–Crippen LogP) is 3.68. The van der Waals surface area contributed by atoms with Crippen molar-refractivity contribution >= 4 is 27.3 Å². The van der Waals surface area contributed by atoms with Gasteiger partial charge in [-0.1, -0.05) is 23.7 Å². The number of ether oxygens (including phenoxy) is 1. The predicted molar refractivity (Wildman–Crippen MR) is 79.8 cm³/mol.